The smallest absolute Gasteiger partial charge is 0.130 e. The molecular formula is C36H32O5. The van der Waals surface area contributed by atoms with Gasteiger partial charge in [0, 0.05) is 23.3 Å². The van der Waals surface area contributed by atoms with Crippen LogP contribution >= 0.6 is 0 Å². The van der Waals surface area contributed by atoms with Crippen molar-refractivity contribution < 1.29 is 24.4 Å². The van der Waals surface area contributed by atoms with Gasteiger partial charge in [0.2, 0.25) is 0 Å². The van der Waals surface area contributed by atoms with Gasteiger partial charge in [-0.3, -0.25) is 0 Å². The molecule has 0 heterocycles. The molecule has 0 aliphatic heterocycles. The SMILES string of the molecule is Oc1ccc(C(O)C=Cc2ccc(OCc3ccccc3)cc2OCc2ccccc2)c(OCc2ccccc2)c1. The zero-order chi connectivity index (χ0) is 28.3. The topological polar surface area (TPSA) is 68.2 Å². The Morgan fingerprint density at radius 3 is 1.68 bits per heavy atom. The summed E-state index contributed by atoms with van der Waals surface area (Å²) in [4.78, 5) is 0. The van der Waals surface area contributed by atoms with Crippen molar-refractivity contribution in [1.29, 1.82) is 0 Å². The fourth-order valence-corrected chi connectivity index (χ4v) is 4.27. The first-order chi connectivity index (χ1) is 20.1. The average molecular weight is 545 g/mol. The maximum Gasteiger partial charge on any atom is 0.130 e. The van der Waals surface area contributed by atoms with Crippen molar-refractivity contribution in [3.8, 4) is 23.0 Å². The Balaban J connectivity index is 1.34. The van der Waals surface area contributed by atoms with Crippen LogP contribution in [-0.4, -0.2) is 10.2 Å². The molecule has 2 N–H and O–H groups in total. The highest BCUT2D eigenvalue weighted by Gasteiger charge is 2.13. The molecule has 0 bridgehead atoms. The first-order valence-corrected chi connectivity index (χ1v) is 13.5. The van der Waals surface area contributed by atoms with E-state index in [1.54, 1.807) is 12.1 Å². The summed E-state index contributed by atoms with van der Waals surface area (Å²) in [6.45, 7) is 1.15. The zero-order valence-corrected chi connectivity index (χ0v) is 22.6. The molecule has 1 atom stereocenters. The minimum atomic E-state index is -0.975. The quantitative estimate of drug-likeness (QED) is 0.167. The molecule has 5 aromatic rings. The van der Waals surface area contributed by atoms with Crippen LogP contribution in [0.4, 0.5) is 0 Å². The van der Waals surface area contributed by atoms with Gasteiger partial charge in [-0.1, -0.05) is 103 Å². The Morgan fingerprint density at radius 2 is 1.10 bits per heavy atom. The lowest BCUT2D eigenvalue weighted by atomic mass is 10.1. The second-order valence-corrected chi connectivity index (χ2v) is 9.55. The summed E-state index contributed by atoms with van der Waals surface area (Å²) in [7, 11) is 0. The molecule has 1 unspecified atom stereocenters. The fourth-order valence-electron chi connectivity index (χ4n) is 4.27. The van der Waals surface area contributed by atoms with Crippen LogP contribution in [0.3, 0.4) is 0 Å². The van der Waals surface area contributed by atoms with E-state index in [1.807, 2.05) is 115 Å². The van der Waals surface area contributed by atoms with E-state index in [0.29, 0.717) is 42.6 Å². The number of phenols is 1. The summed E-state index contributed by atoms with van der Waals surface area (Å²) in [6.07, 6.45) is 2.52. The second-order valence-electron chi connectivity index (χ2n) is 9.55. The third kappa shape index (κ3) is 8.01. The van der Waals surface area contributed by atoms with Crippen LogP contribution in [0.15, 0.2) is 133 Å². The molecule has 41 heavy (non-hydrogen) atoms. The lowest BCUT2D eigenvalue weighted by Gasteiger charge is -2.15. The number of benzene rings is 5. The molecule has 0 saturated heterocycles. The largest absolute Gasteiger partial charge is 0.508 e. The van der Waals surface area contributed by atoms with Crippen LogP contribution in [0.25, 0.3) is 6.08 Å². The molecule has 0 aromatic heterocycles. The first-order valence-electron chi connectivity index (χ1n) is 13.5. The Kier molecular flexibility index (Phi) is 9.33. The molecule has 0 radical (unpaired) electrons. The van der Waals surface area contributed by atoms with E-state index >= 15 is 0 Å². The number of hydrogen-bond acceptors (Lipinski definition) is 5. The van der Waals surface area contributed by atoms with E-state index in [-0.39, 0.29) is 5.75 Å². The van der Waals surface area contributed by atoms with Crippen molar-refractivity contribution in [2.24, 2.45) is 0 Å². The molecule has 5 heteroatoms. The Labute approximate surface area is 240 Å². The van der Waals surface area contributed by atoms with E-state index in [1.165, 1.54) is 12.1 Å². The first kappa shape index (κ1) is 27.6. The fraction of sp³-hybridized carbons (Fsp3) is 0.111. The summed E-state index contributed by atoms with van der Waals surface area (Å²) in [5.41, 5.74) is 4.44. The molecule has 206 valence electrons. The van der Waals surface area contributed by atoms with E-state index < -0.39 is 6.10 Å². The molecule has 5 rings (SSSR count). The molecule has 0 aliphatic rings. The number of aliphatic hydroxyl groups is 1. The van der Waals surface area contributed by atoms with Crippen molar-refractivity contribution in [2.75, 3.05) is 0 Å². The van der Waals surface area contributed by atoms with E-state index in [2.05, 4.69) is 0 Å². The van der Waals surface area contributed by atoms with Crippen LogP contribution in [0.2, 0.25) is 0 Å². The number of hydrogen-bond donors (Lipinski definition) is 2. The van der Waals surface area contributed by atoms with Crippen molar-refractivity contribution in [2.45, 2.75) is 25.9 Å². The van der Waals surface area contributed by atoms with Gasteiger partial charge in [0.1, 0.15) is 48.9 Å². The monoisotopic (exact) mass is 544 g/mol. The standard InChI is InChI=1S/C36H32O5/c37-31-18-20-33(36(22-31)41-26-29-14-8-3-9-15-29)34(38)21-17-30-16-19-32(39-24-27-10-4-1-5-11-27)23-35(30)40-25-28-12-6-2-7-13-28/h1-23,34,37-38H,24-26H2. The summed E-state index contributed by atoms with van der Waals surface area (Å²) in [6, 6.07) is 40.1. The van der Waals surface area contributed by atoms with Gasteiger partial charge in [-0.15, -0.1) is 0 Å². The highest BCUT2D eigenvalue weighted by atomic mass is 16.5. The van der Waals surface area contributed by atoms with E-state index in [0.717, 1.165) is 22.3 Å². The molecule has 0 amide bonds. The van der Waals surface area contributed by atoms with E-state index in [4.69, 9.17) is 14.2 Å². The van der Waals surface area contributed by atoms with Gasteiger partial charge in [0.05, 0.1) is 0 Å². The zero-order valence-electron chi connectivity index (χ0n) is 22.6. The molecule has 5 aromatic carbocycles. The Bertz CT molecular complexity index is 1550. The second kappa shape index (κ2) is 13.9. The summed E-state index contributed by atoms with van der Waals surface area (Å²) in [5.74, 6) is 1.80. The molecule has 0 aliphatic carbocycles. The summed E-state index contributed by atoms with van der Waals surface area (Å²) in [5, 5.41) is 21.1. The van der Waals surface area contributed by atoms with Gasteiger partial charge in [-0.25, -0.2) is 0 Å². The number of ether oxygens (including phenoxy) is 3. The number of aliphatic hydroxyl groups excluding tert-OH is 1. The molecule has 0 fully saturated rings. The predicted molar refractivity (Wildman–Crippen MR) is 161 cm³/mol. The van der Waals surface area contributed by atoms with Crippen LogP contribution in [-0.2, 0) is 19.8 Å². The lowest BCUT2D eigenvalue weighted by Crippen LogP contribution is -2.02. The predicted octanol–water partition coefficient (Wildman–Crippen LogP) is 7.88. The highest BCUT2D eigenvalue weighted by molar-refractivity contribution is 5.60. The number of phenolic OH excluding ortho intramolecular Hbond substituents is 1. The third-order valence-corrected chi connectivity index (χ3v) is 6.48. The summed E-state index contributed by atoms with van der Waals surface area (Å²) < 4.78 is 18.2. The average Bonchev–Trinajstić information content (AvgIpc) is 3.02. The van der Waals surface area contributed by atoms with Crippen molar-refractivity contribution in [1.82, 2.24) is 0 Å². The lowest BCUT2D eigenvalue weighted by molar-refractivity contribution is 0.217. The van der Waals surface area contributed by atoms with E-state index in [9.17, 15) is 10.2 Å². The van der Waals surface area contributed by atoms with Gasteiger partial charge in [-0.2, -0.15) is 0 Å². The van der Waals surface area contributed by atoms with Gasteiger partial charge in [-0.05, 0) is 41.0 Å². The van der Waals surface area contributed by atoms with Crippen LogP contribution in [0.5, 0.6) is 23.0 Å². The minimum absolute atomic E-state index is 0.0654. The molecule has 0 saturated carbocycles. The summed E-state index contributed by atoms with van der Waals surface area (Å²) >= 11 is 0. The minimum Gasteiger partial charge on any atom is -0.508 e. The van der Waals surface area contributed by atoms with Crippen LogP contribution in [0, 0.1) is 0 Å². The maximum absolute atomic E-state index is 11.1. The van der Waals surface area contributed by atoms with Gasteiger partial charge in [0.15, 0.2) is 0 Å². The Morgan fingerprint density at radius 1 is 0.561 bits per heavy atom. The Hall–Kier alpha value is -5.00. The third-order valence-electron chi connectivity index (χ3n) is 6.48. The number of aromatic hydroxyl groups is 1. The van der Waals surface area contributed by atoms with Gasteiger partial charge >= 0.3 is 0 Å². The molecule has 0 spiro atoms. The van der Waals surface area contributed by atoms with Crippen LogP contribution in [0.1, 0.15) is 33.9 Å². The van der Waals surface area contributed by atoms with Gasteiger partial charge in [0.25, 0.3) is 0 Å². The maximum atomic E-state index is 11.1. The normalized spacial score (nSPS) is 11.7. The van der Waals surface area contributed by atoms with Crippen molar-refractivity contribution in [3.63, 3.8) is 0 Å². The highest BCUT2D eigenvalue weighted by Crippen LogP contribution is 2.33. The molecular weight excluding hydrogens is 512 g/mol. The van der Waals surface area contributed by atoms with Crippen LogP contribution < -0.4 is 14.2 Å². The molecule has 5 nitrogen and oxygen atoms in total. The van der Waals surface area contributed by atoms with Gasteiger partial charge < -0.3 is 24.4 Å². The van der Waals surface area contributed by atoms with Crippen molar-refractivity contribution in [3.05, 3.63) is 161 Å². The van der Waals surface area contributed by atoms with Crippen molar-refractivity contribution >= 4 is 6.08 Å². The number of rotatable bonds is 12.